The van der Waals surface area contributed by atoms with Crippen molar-refractivity contribution in [3.05, 3.63) is 47.5 Å². The first kappa shape index (κ1) is 19.1. The average Bonchev–Trinajstić information content (AvgIpc) is 2.57. The molecule has 25 heavy (non-hydrogen) atoms. The van der Waals surface area contributed by atoms with Gasteiger partial charge in [-0.2, -0.15) is 0 Å². The molecule has 0 aliphatic rings. The molecule has 2 amide bonds. The number of carbonyl (C=O) groups is 2. The van der Waals surface area contributed by atoms with Gasteiger partial charge in [0, 0.05) is 17.5 Å². The minimum Gasteiger partial charge on any atom is -0.494 e. The molecular weight excluding hydrogens is 360 g/mol. The highest BCUT2D eigenvalue weighted by Crippen LogP contribution is 2.26. The molecule has 0 heterocycles. The highest BCUT2D eigenvalue weighted by Gasteiger charge is 2.08. The van der Waals surface area contributed by atoms with Crippen molar-refractivity contribution in [3.8, 4) is 5.75 Å². The second kappa shape index (κ2) is 9.34. The predicted molar refractivity (Wildman–Crippen MR) is 103 cm³/mol. The van der Waals surface area contributed by atoms with Gasteiger partial charge in [-0.05, 0) is 49.4 Å². The fraction of sp³-hybridized carbons (Fsp3) is 0.222. The predicted octanol–water partition coefficient (Wildman–Crippen LogP) is 4.43. The highest BCUT2D eigenvalue weighted by atomic mass is 35.5. The van der Waals surface area contributed by atoms with Gasteiger partial charge in [0.1, 0.15) is 5.75 Å². The summed E-state index contributed by atoms with van der Waals surface area (Å²) in [5, 5.41) is 5.83. The van der Waals surface area contributed by atoms with Crippen molar-refractivity contribution < 1.29 is 14.3 Å². The third-order valence-electron chi connectivity index (χ3n) is 3.07. The summed E-state index contributed by atoms with van der Waals surface area (Å²) < 4.78 is 5.38. The van der Waals surface area contributed by atoms with Crippen LogP contribution in [-0.2, 0) is 9.59 Å². The lowest BCUT2D eigenvalue weighted by Crippen LogP contribution is -2.14. The highest BCUT2D eigenvalue weighted by molar-refractivity contribution is 8.00. The van der Waals surface area contributed by atoms with Crippen molar-refractivity contribution in [2.45, 2.75) is 18.7 Å². The Balaban J connectivity index is 1.90. The quantitative estimate of drug-likeness (QED) is 0.699. The van der Waals surface area contributed by atoms with E-state index in [1.165, 1.54) is 18.7 Å². The van der Waals surface area contributed by atoms with E-state index >= 15 is 0 Å². The lowest BCUT2D eigenvalue weighted by molar-refractivity contribution is -0.114. The number of hydrogen-bond donors (Lipinski definition) is 2. The largest absolute Gasteiger partial charge is 0.494 e. The summed E-state index contributed by atoms with van der Waals surface area (Å²) in [6, 6.07) is 12.5. The van der Waals surface area contributed by atoms with Crippen LogP contribution >= 0.6 is 23.4 Å². The Hall–Kier alpha value is -2.18. The van der Waals surface area contributed by atoms with Crippen LogP contribution in [0.15, 0.2) is 47.4 Å². The second-order valence-electron chi connectivity index (χ2n) is 5.12. The summed E-state index contributed by atoms with van der Waals surface area (Å²) in [5.74, 6) is 0.709. The molecule has 2 aromatic carbocycles. The molecule has 0 radical (unpaired) electrons. The Labute approximate surface area is 156 Å². The first-order chi connectivity index (χ1) is 12.0. The van der Waals surface area contributed by atoms with Crippen molar-refractivity contribution in [2.75, 3.05) is 23.0 Å². The minimum absolute atomic E-state index is 0.144. The fourth-order valence-electron chi connectivity index (χ4n) is 2.03. The summed E-state index contributed by atoms with van der Waals surface area (Å²) in [7, 11) is 0. The van der Waals surface area contributed by atoms with E-state index in [2.05, 4.69) is 10.6 Å². The van der Waals surface area contributed by atoms with Crippen LogP contribution in [0.25, 0.3) is 0 Å². The molecule has 0 aliphatic heterocycles. The lowest BCUT2D eigenvalue weighted by atomic mass is 10.2. The Bertz CT molecular complexity index is 750. The molecule has 0 fully saturated rings. The van der Waals surface area contributed by atoms with Crippen molar-refractivity contribution in [2.24, 2.45) is 0 Å². The topological polar surface area (TPSA) is 67.4 Å². The van der Waals surface area contributed by atoms with Gasteiger partial charge < -0.3 is 15.4 Å². The van der Waals surface area contributed by atoms with Crippen LogP contribution in [0.4, 0.5) is 11.4 Å². The molecule has 0 aliphatic carbocycles. The standard InChI is InChI=1S/C18H19ClN2O3S/c1-3-24-14-5-7-15(8-6-14)25-11-18(23)21-13-4-9-16(19)17(10-13)20-12(2)22/h4-10H,3,11H2,1-2H3,(H,20,22)(H,21,23). The average molecular weight is 379 g/mol. The van der Waals surface area contributed by atoms with Crippen LogP contribution in [0.2, 0.25) is 5.02 Å². The smallest absolute Gasteiger partial charge is 0.234 e. The van der Waals surface area contributed by atoms with E-state index in [-0.39, 0.29) is 17.6 Å². The number of nitrogens with one attached hydrogen (secondary N) is 2. The van der Waals surface area contributed by atoms with E-state index < -0.39 is 0 Å². The van der Waals surface area contributed by atoms with Crippen LogP contribution < -0.4 is 15.4 Å². The Morgan fingerprint density at radius 1 is 1.12 bits per heavy atom. The fourth-order valence-corrected chi connectivity index (χ4v) is 2.90. The zero-order chi connectivity index (χ0) is 18.2. The number of anilines is 2. The van der Waals surface area contributed by atoms with E-state index in [1.807, 2.05) is 31.2 Å². The monoisotopic (exact) mass is 378 g/mol. The molecule has 132 valence electrons. The molecule has 2 N–H and O–H groups in total. The number of hydrogen-bond acceptors (Lipinski definition) is 4. The molecule has 0 unspecified atom stereocenters. The van der Waals surface area contributed by atoms with Gasteiger partial charge in [-0.1, -0.05) is 11.6 Å². The van der Waals surface area contributed by atoms with Crippen molar-refractivity contribution >= 4 is 46.6 Å². The van der Waals surface area contributed by atoms with E-state index in [0.717, 1.165) is 10.6 Å². The first-order valence-electron chi connectivity index (χ1n) is 7.70. The van der Waals surface area contributed by atoms with Crippen LogP contribution in [0.5, 0.6) is 5.75 Å². The molecule has 7 heteroatoms. The van der Waals surface area contributed by atoms with Gasteiger partial charge in [-0.25, -0.2) is 0 Å². The minimum atomic E-state index is -0.226. The molecule has 2 aromatic rings. The van der Waals surface area contributed by atoms with E-state index in [9.17, 15) is 9.59 Å². The molecule has 0 bridgehead atoms. The summed E-state index contributed by atoms with van der Waals surface area (Å²) in [4.78, 5) is 24.2. The van der Waals surface area contributed by atoms with E-state index in [1.54, 1.807) is 18.2 Å². The Morgan fingerprint density at radius 3 is 2.48 bits per heavy atom. The zero-order valence-electron chi connectivity index (χ0n) is 14.0. The Kier molecular flexibility index (Phi) is 7.16. The maximum absolute atomic E-state index is 12.1. The van der Waals surface area contributed by atoms with Crippen molar-refractivity contribution in [1.82, 2.24) is 0 Å². The summed E-state index contributed by atoms with van der Waals surface area (Å²) in [6.45, 7) is 3.95. The molecular formula is C18H19ClN2O3S. The van der Waals surface area contributed by atoms with Gasteiger partial charge in [0.25, 0.3) is 0 Å². The number of benzene rings is 2. The van der Waals surface area contributed by atoms with Crippen LogP contribution in [0.3, 0.4) is 0 Å². The zero-order valence-corrected chi connectivity index (χ0v) is 15.5. The van der Waals surface area contributed by atoms with Gasteiger partial charge in [0.05, 0.1) is 23.1 Å². The second-order valence-corrected chi connectivity index (χ2v) is 6.57. The van der Waals surface area contributed by atoms with Gasteiger partial charge in [-0.15, -0.1) is 11.8 Å². The van der Waals surface area contributed by atoms with Crippen LogP contribution in [0.1, 0.15) is 13.8 Å². The lowest BCUT2D eigenvalue weighted by Gasteiger charge is -2.10. The molecule has 0 saturated heterocycles. The van der Waals surface area contributed by atoms with Crippen LogP contribution in [0, 0.1) is 0 Å². The Morgan fingerprint density at radius 2 is 1.84 bits per heavy atom. The molecule has 0 aromatic heterocycles. The molecule has 0 atom stereocenters. The normalized spacial score (nSPS) is 10.2. The molecule has 5 nitrogen and oxygen atoms in total. The van der Waals surface area contributed by atoms with Gasteiger partial charge in [0.2, 0.25) is 11.8 Å². The van der Waals surface area contributed by atoms with E-state index in [0.29, 0.717) is 23.0 Å². The summed E-state index contributed by atoms with van der Waals surface area (Å²) in [6.07, 6.45) is 0. The summed E-state index contributed by atoms with van der Waals surface area (Å²) >= 11 is 7.44. The number of halogens is 1. The van der Waals surface area contributed by atoms with Gasteiger partial charge >= 0.3 is 0 Å². The maximum Gasteiger partial charge on any atom is 0.234 e. The number of ether oxygens (including phenoxy) is 1. The number of carbonyl (C=O) groups excluding carboxylic acids is 2. The van der Waals surface area contributed by atoms with Gasteiger partial charge in [-0.3, -0.25) is 9.59 Å². The molecule has 0 spiro atoms. The number of thioether (sulfide) groups is 1. The third-order valence-corrected chi connectivity index (χ3v) is 4.41. The maximum atomic E-state index is 12.1. The number of rotatable bonds is 7. The SMILES string of the molecule is CCOc1ccc(SCC(=O)Nc2ccc(Cl)c(NC(C)=O)c2)cc1. The van der Waals surface area contributed by atoms with Crippen molar-refractivity contribution in [1.29, 1.82) is 0 Å². The first-order valence-corrected chi connectivity index (χ1v) is 9.07. The summed E-state index contributed by atoms with van der Waals surface area (Å²) in [5.41, 5.74) is 1.04. The number of amides is 2. The molecule has 2 rings (SSSR count). The van der Waals surface area contributed by atoms with Crippen LogP contribution in [-0.4, -0.2) is 24.2 Å². The molecule has 0 saturated carbocycles. The third kappa shape index (κ3) is 6.32. The van der Waals surface area contributed by atoms with E-state index in [4.69, 9.17) is 16.3 Å². The van der Waals surface area contributed by atoms with Crippen molar-refractivity contribution in [3.63, 3.8) is 0 Å². The van der Waals surface area contributed by atoms with Gasteiger partial charge in [0.15, 0.2) is 0 Å².